The molecule has 0 radical (unpaired) electrons. The largest absolute Gasteiger partial charge is 0.379 e. The highest BCUT2D eigenvalue weighted by atomic mass is 16.7. The van der Waals surface area contributed by atoms with Crippen molar-refractivity contribution >= 4 is 17.5 Å². The zero-order chi connectivity index (χ0) is 17.7. The van der Waals surface area contributed by atoms with Gasteiger partial charge in [-0.2, -0.15) is 4.98 Å². The van der Waals surface area contributed by atoms with E-state index in [9.17, 15) is 4.79 Å². The van der Waals surface area contributed by atoms with Gasteiger partial charge in [-0.1, -0.05) is 0 Å². The van der Waals surface area contributed by atoms with E-state index in [2.05, 4.69) is 15.3 Å². The number of aromatic nitrogens is 2. The van der Waals surface area contributed by atoms with Crippen LogP contribution >= 0.6 is 0 Å². The second kappa shape index (κ2) is 8.32. The molecular formula is C15H27N5O4. The Morgan fingerprint density at radius 3 is 2.58 bits per heavy atom. The Kier molecular flexibility index (Phi) is 6.41. The van der Waals surface area contributed by atoms with Crippen molar-refractivity contribution in [3.05, 3.63) is 10.4 Å². The number of rotatable bonds is 9. The number of nitrogens with one attached hydrogen (secondary N) is 2. The minimum atomic E-state index is -0.661. The number of aromatic amines is 1. The molecule has 0 saturated carbocycles. The van der Waals surface area contributed by atoms with E-state index in [0.29, 0.717) is 31.4 Å². The van der Waals surface area contributed by atoms with Crippen LogP contribution in [0.5, 0.6) is 0 Å². The van der Waals surface area contributed by atoms with Crippen LogP contribution in [0, 0.1) is 0 Å². The fraction of sp³-hybridized carbons (Fsp3) is 0.733. The summed E-state index contributed by atoms with van der Waals surface area (Å²) in [5.41, 5.74) is 5.70. The van der Waals surface area contributed by atoms with Gasteiger partial charge in [-0.05, 0) is 34.1 Å². The molecule has 0 bridgehead atoms. The van der Waals surface area contributed by atoms with Gasteiger partial charge in [0, 0.05) is 6.61 Å². The van der Waals surface area contributed by atoms with Crippen LogP contribution in [0.3, 0.4) is 0 Å². The molecule has 9 heteroatoms. The SMILES string of the molecule is CC(C)OCCCOC(OC(C)C)N1CNc2c1nc(N)[nH]c2=O. The Bertz CT molecular complexity index is 590. The average Bonchev–Trinajstić information content (AvgIpc) is 2.88. The lowest BCUT2D eigenvalue weighted by Crippen LogP contribution is -2.41. The van der Waals surface area contributed by atoms with Crippen LogP contribution in [0.1, 0.15) is 34.1 Å². The molecule has 1 atom stereocenters. The highest BCUT2D eigenvalue weighted by Crippen LogP contribution is 2.28. The van der Waals surface area contributed by atoms with Crippen molar-refractivity contribution in [2.45, 2.75) is 52.7 Å². The second-order valence-corrected chi connectivity index (χ2v) is 6.09. The lowest BCUT2D eigenvalue weighted by Gasteiger charge is -2.29. The van der Waals surface area contributed by atoms with E-state index in [4.69, 9.17) is 19.9 Å². The van der Waals surface area contributed by atoms with Crippen molar-refractivity contribution < 1.29 is 14.2 Å². The van der Waals surface area contributed by atoms with Crippen LogP contribution in [0.4, 0.5) is 17.5 Å². The zero-order valence-electron chi connectivity index (χ0n) is 14.7. The highest BCUT2D eigenvalue weighted by molar-refractivity contribution is 5.70. The molecule has 9 nitrogen and oxygen atoms in total. The first-order chi connectivity index (χ1) is 11.4. The third kappa shape index (κ3) is 4.83. The van der Waals surface area contributed by atoms with Crippen LogP contribution in [-0.2, 0) is 14.2 Å². The molecule has 0 fully saturated rings. The predicted octanol–water partition coefficient (Wildman–Crippen LogP) is 1.08. The van der Waals surface area contributed by atoms with E-state index in [0.717, 1.165) is 6.42 Å². The Labute approximate surface area is 141 Å². The van der Waals surface area contributed by atoms with Crippen molar-refractivity contribution in [1.29, 1.82) is 0 Å². The first kappa shape index (κ1) is 18.5. The van der Waals surface area contributed by atoms with Gasteiger partial charge in [0.2, 0.25) is 12.4 Å². The normalized spacial score (nSPS) is 15.0. The molecule has 4 N–H and O–H groups in total. The maximum Gasteiger partial charge on any atom is 0.277 e. The minimum Gasteiger partial charge on any atom is -0.379 e. The smallest absolute Gasteiger partial charge is 0.277 e. The van der Waals surface area contributed by atoms with Crippen molar-refractivity contribution in [1.82, 2.24) is 9.97 Å². The van der Waals surface area contributed by atoms with Crippen molar-refractivity contribution in [3.63, 3.8) is 0 Å². The summed E-state index contributed by atoms with van der Waals surface area (Å²) in [5.74, 6) is 0.487. The maximum absolute atomic E-state index is 11.9. The summed E-state index contributed by atoms with van der Waals surface area (Å²) in [4.78, 5) is 20.3. The number of hydrogen-bond acceptors (Lipinski definition) is 8. The predicted molar refractivity (Wildman–Crippen MR) is 91.9 cm³/mol. The number of nitrogen functional groups attached to an aromatic ring is 1. The van der Waals surface area contributed by atoms with Crippen LogP contribution in [0.25, 0.3) is 0 Å². The molecule has 1 unspecified atom stereocenters. The number of anilines is 3. The molecule has 2 rings (SSSR count). The van der Waals surface area contributed by atoms with Gasteiger partial charge in [0.25, 0.3) is 5.56 Å². The van der Waals surface area contributed by atoms with Crippen molar-refractivity contribution in [3.8, 4) is 0 Å². The van der Waals surface area contributed by atoms with Gasteiger partial charge in [0.05, 0.1) is 25.5 Å². The summed E-state index contributed by atoms with van der Waals surface area (Å²) < 4.78 is 17.2. The third-order valence-corrected chi connectivity index (χ3v) is 3.26. The van der Waals surface area contributed by atoms with E-state index in [1.54, 1.807) is 4.90 Å². The van der Waals surface area contributed by atoms with E-state index in [-0.39, 0.29) is 23.7 Å². The first-order valence-corrected chi connectivity index (χ1v) is 8.17. The number of ether oxygens (including phenoxy) is 3. The van der Waals surface area contributed by atoms with Gasteiger partial charge in [-0.3, -0.25) is 14.7 Å². The molecule has 24 heavy (non-hydrogen) atoms. The number of H-pyrrole nitrogens is 1. The number of nitrogens with zero attached hydrogens (tertiary/aromatic N) is 2. The monoisotopic (exact) mass is 341 g/mol. The van der Waals surface area contributed by atoms with Gasteiger partial charge in [0.15, 0.2) is 5.82 Å². The summed E-state index contributed by atoms with van der Waals surface area (Å²) in [7, 11) is 0. The Hall–Kier alpha value is -1.84. The maximum atomic E-state index is 11.9. The first-order valence-electron chi connectivity index (χ1n) is 8.17. The summed E-state index contributed by atoms with van der Waals surface area (Å²) in [6.45, 7) is 9.26. The van der Waals surface area contributed by atoms with Crippen LogP contribution < -0.4 is 21.5 Å². The Morgan fingerprint density at radius 1 is 1.21 bits per heavy atom. The molecule has 2 heterocycles. The molecule has 0 aliphatic carbocycles. The van der Waals surface area contributed by atoms with Crippen LogP contribution in [0.2, 0.25) is 0 Å². The molecule has 1 aromatic heterocycles. The fourth-order valence-electron chi connectivity index (χ4n) is 2.26. The van der Waals surface area contributed by atoms with E-state index in [1.807, 2.05) is 27.7 Å². The number of hydrogen-bond donors (Lipinski definition) is 3. The third-order valence-electron chi connectivity index (χ3n) is 3.26. The van der Waals surface area contributed by atoms with Crippen molar-refractivity contribution in [2.75, 3.05) is 35.8 Å². The summed E-state index contributed by atoms with van der Waals surface area (Å²) in [6.07, 6.45) is 0.230. The molecule has 1 aliphatic rings. The van der Waals surface area contributed by atoms with Gasteiger partial charge in [-0.25, -0.2) is 0 Å². The number of nitrogens with two attached hydrogens (primary N) is 1. The molecular weight excluding hydrogens is 314 g/mol. The molecule has 1 aromatic rings. The standard InChI is InChI=1S/C15H27N5O4/c1-9(2)22-6-5-7-23-15(24-10(3)4)20-8-17-11-12(20)18-14(16)19-13(11)21/h9-10,15,17H,5-8H2,1-4H3,(H3,16,18,19,21). The molecule has 0 saturated heterocycles. The van der Waals surface area contributed by atoms with Gasteiger partial charge < -0.3 is 25.3 Å². The van der Waals surface area contributed by atoms with Gasteiger partial charge in [-0.15, -0.1) is 0 Å². The van der Waals surface area contributed by atoms with Gasteiger partial charge >= 0.3 is 0 Å². The van der Waals surface area contributed by atoms with Crippen molar-refractivity contribution in [2.24, 2.45) is 0 Å². The lowest BCUT2D eigenvalue weighted by molar-refractivity contribution is -0.163. The van der Waals surface area contributed by atoms with E-state index < -0.39 is 6.41 Å². The Morgan fingerprint density at radius 2 is 1.92 bits per heavy atom. The fourth-order valence-corrected chi connectivity index (χ4v) is 2.26. The topological polar surface area (TPSA) is 115 Å². The van der Waals surface area contributed by atoms with Crippen LogP contribution in [0.15, 0.2) is 4.79 Å². The minimum absolute atomic E-state index is 0.0506. The summed E-state index contributed by atoms with van der Waals surface area (Å²) >= 11 is 0. The van der Waals surface area contributed by atoms with Crippen LogP contribution in [-0.4, -0.2) is 48.5 Å². The second-order valence-electron chi connectivity index (χ2n) is 6.09. The van der Waals surface area contributed by atoms with E-state index >= 15 is 0 Å². The molecule has 0 aromatic carbocycles. The zero-order valence-corrected chi connectivity index (χ0v) is 14.7. The quantitative estimate of drug-likeness (QED) is 0.451. The average molecular weight is 341 g/mol. The lowest BCUT2D eigenvalue weighted by atomic mass is 10.4. The van der Waals surface area contributed by atoms with E-state index in [1.165, 1.54) is 0 Å². The highest BCUT2D eigenvalue weighted by Gasteiger charge is 2.31. The molecule has 1 aliphatic heterocycles. The summed E-state index contributed by atoms with van der Waals surface area (Å²) in [6, 6.07) is 0. The Balaban J connectivity index is 2.03. The summed E-state index contributed by atoms with van der Waals surface area (Å²) in [5, 5.41) is 3.00. The molecule has 0 amide bonds. The molecule has 0 spiro atoms. The van der Waals surface area contributed by atoms with Gasteiger partial charge in [0.1, 0.15) is 5.69 Å². The molecule has 136 valence electrons. The number of fused-ring (bicyclic) bond motifs is 1.